The van der Waals surface area contributed by atoms with Crippen molar-refractivity contribution in [1.82, 2.24) is 5.32 Å². The zero-order chi connectivity index (χ0) is 14.2. The molecule has 0 spiro atoms. The molecule has 0 saturated heterocycles. The van der Waals surface area contributed by atoms with E-state index in [1.54, 1.807) is 0 Å². The third-order valence-corrected chi connectivity index (χ3v) is 4.39. The summed E-state index contributed by atoms with van der Waals surface area (Å²) in [6, 6.07) is 16.3. The number of ether oxygens (including phenoxy) is 1. The van der Waals surface area contributed by atoms with Crippen LogP contribution in [0.1, 0.15) is 29.2 Å². The van der Waals surface area contributed by atoms with Gasteiger partial charge in [0.2, 0.25) is 0 Å². The van der Waals surface area contributed by atoms with E-state index in [0.29, 0.717) is 6.42 Å². The minimum atomic E-state index is -0.393. The van der Waals surface area contributed by atoms with Gasteiger partial charge in [-0.3, -0.25) is 4.79 Å². The Hall–Kier alpha value is -2.29. The lowest BCUT2D eigenvalue weighted by Gasteiger charge is -2.17. The van der Waals surface area contributed by atoms with Crippen LogP contribution in [0, 0.1) is 0 Å². The first-order valence-corrected chi connectivity index (χ1v) is 7.44. The van der Waals surface area contributed by atoms with Crippen LogP contribution in [0.4, 0.5) is 0 Å². The van der Waals surface area contributed by atoms with Gasteiger partial charge < -0.3 is 10.1 Å². The molecule has 0 aromatic heterocycles. The number of hydrogen-bond acceptors (Lipinski definition) is 2. The van der Waals surface area contributed by atoms with Crippen LogP contribution in [0.2, 0.25) is 0 Å². The molecule has 2 aliphatic rings. The van der Waals surface area contributed by atoms with Crippen LogP contribution in [0.25, 0.3) is 0 Å². The maximum Gasteiger partial charge on any atom is 0.261 e. The molecule has 0 unspecified atom stereocenters. The number of carbonyl (C=O) groups is 1. The Balaban J connectivity index is 1.47. The Labute approximate surface area is 123 Å². The van der Waals surface area contributed by atoms with Gasteiger partial charge in [-0.2, -0.15) is 0 Å². The van der Waals surface area contributed by atoms with Gasteiger partial charge >= 0.3 is 0 Å². The number of aryl methyl sites for hydroxylation is 1. The quantitative estimate of drug-likeness (QED) is 0.918. The van der Waals surface area contributed by atoms with Crippen LogP contribution in [-0.2, 0) is 17.6 Å². The molecule has 2 atom stereocenters. The van der Waals surface area contributed by atoms with Crippen LogP contribution in [-0.4, -0.2) is 12.0 Å². The van der Waals surface area contributed by atoms with Crippen LogP contribution >= 0.6 is 0 Å². The highest BCUT2D eigenvalue weighted by molar-refractivity contribution is 5.83. The summed E-state index contributed by atoms with van der Waals surface area (Å²) in [7, 11) is 0. The predicted octanol–water partition coefficient (Wildman–Crippen LogP) is 2.79. The molecule has 106 valence electrons. The number of fused-ring (bicyclic) bond motifs is 2. The summed E-state index contributed by atoms with van der Waals surface area (Å²) in [5.74, 6) is 0.831. The second-order valence-corrected chi connectivity index (χ2v) is 5.72. The van der Waals surface area contributed by atoms with E-state index < -0.39 is 6.10 Å². The molecule has 1 N–H and O–H groups in total. The Morgan fingerprint density at radius 1 is 1.05 bits per heavy atom. The highest BCUT2D eigenvalue weighted by Gasteiger charge is 2.31. The molecule has 1 amide bonds. The minimum absolute atomic E-state index is 0.00657. The summed E-state index contributed by atoms with van der Waals surface area (Å²) in [5, 5.41) is 3.15. The number of amides is 1. The number of hydrogen-bond donors (Lipinski definition) is 1. The van der Waals surface area contributed by atoms with Gasteiger partial charge in [-0.15, -0.1) is 0 Å². The van der Waals surface area contributed by atoms with Crippen molar-refractivity contribution in [1.29, 1.82) is 0 Å². The molecule has 2 aromatic carbocycles. The molecule has 0 bridgehead atoms. The predicted molar refractivity (Wildman–Crippen MR) is 80.2 cm³/mol. The van der Waals surface area contributed by atoms with E-state index in [4.69, 9.17) is 4.74 Å². The molecule has 21 heavy (non-hydrogen) atoms. The summed E-state index contributed by atoms with van der Waals surface area (Å²) in [5.41, 5.74) is 3.71. The van der Waals surface area contributed by atoms with Crippen LogP contribution < -0.4 is 10.1 Å². The van der Waals surface area contributed by atoms with Gasteiger partial charge in [-0.05, 0) is 35.6 Å². The zero-order valence-electron chi connectivity index (χ0n) is 11.7. The van der Waals surface area contributed by atoms with Gasteiger partial charge in [0.15, 0.2) is 6.10 Å². The van der Waals surface area contributed by atoms with Crippen molar-refractivity contribution in [3.8, 4) is 5.75 Å². The second kappa shape index (κ2) is 4.92. The van der Waals surface area contributed by atoms with Gasteiger partial charge in [0.25, 0.3) is 5.91 Å². The monoisotopic (exact) mass is 279 g/mol. The van der Waals surface area contributed by atoms with Crippen molar-refractivity contribution in [3.05, 3.63) is 65.2 Å². The lowest BCUT2D eigenvalue weighted by molar-refractivity contribution is -0.128. The molecule has 3 heteroatoms. The van der Waals surface area contributed by atoms with E-state index in [-0.39, 0.29) is 11.9 Å². The Morgan fingerprint density at radius 2 is 1.81 bits per heavy atom. The van der Waals surface area contributed by atoms with E-state index >= 15 is 0 Å². The van der Waals surface area contributed by atoms with E-state index in [9.17, 15) is 4.79 Å². The lowest BCUT2D eigenvalue weighted by Crippen LogP contribution is -2.39. The van der Waals surface area contributed by atoms with E-state index in [0.717, 1.165) is 24.2 Å². The fourth-order valence-electron chi connectivity index (χ4n) is 3.30. The first-order chi connectivity index (χ1) is 10.3. The molecule has 2 aromatic rings. The minimum Gasteiger partial charge on any atom is -0.480 e. The van der Waals surface area contributed by atoms with Crippen molar-refractivity contribution in [2.45, 2.75) is 31.4 Å². The molecule has 1 aliphatic carbocycles. The van der Waals surface area contributed by atoms with Crippen molar-refractivity contribution in [2.24, 2.45) is 0 Å². The van der Waals surface area contributed by atoms with E-state index in [1.165, 1.54) is 11.1 Å². The Kier molecular flexibility index (Phi) is 2.92. The van der Waals surface area contributed by atoms with Crippen LogP contribution in [0.15, 0.2) is 48.5 Å². The molecule has 1 heterocycles. The van der Waals surface area contributed by atoms with E-state index in [2.05, 4.69) is 23.5 Å². The summed E-state index contributed by atoms with van der Waals surface area (Å²) < 4.78 is 5.75. The van der Waals surface area contributed by atoms with Gasteiger partial charge in [-0.25, -0.2) is 0 Å². The smallest absolute Gasteiger partial charge is 0.261 e. The number of carbonyl (C=O) groups excluding carboxylic acids is 1. The van der Waals surface area contributed by atoms with Gasteiger partial charge in [0.05, 0.1) is 6.04 Å². The van der Waals surface area contributed by atoms with Crippen molar-refractivity contribution < 1.29 is 9.53 Å². The summed E-state index contributed by atoms with van der Waals surface area (Å²) in [6.07, 6.45) is 2.28. The Morgan fingerprint density at radius 3 is 2.67 bits per heavy atom. The van der Waals surface area contributed by atoms with Gasteiger partial charge in [-0.1, -0.05) is 42.5 Å². The lowest BCUT2D eigenvalue weighted by atomic mass is 10.1. The largest absolute Gasteiger partial charge is 0.480 e. The maximum atomic E-state index is 12.4. The molecule has 4 rings (SSSR count). The fourth-order valence-corrected chi connectivity index (χ4v) is 3.30. The van der Waals surface area contributed by atoms with E-state index in [1.807, 2.05) is 30.3 Å². The molecule has 3 nitrogen and oxygen atoms in total. The van der Waals surface area contributed by atoms with Crippen molar-refractivity contribution in [2.75, 3.05) is 0 Å². The van der Waals surface area contributed by atoms with Crippen LogP contribution in [0.3, 0.4) is 0 Å². The average Bonchev–Trinajstić information content (AvgIpc) is 3.11. The first kappa shape index (κ1) is 12.5. The number of para-hydroxylation sites is 1. The fraction of sp³-hybridized carbons (Fsp3) is 0.278. The molecule has 0 saturated carbocycles. The van der Waals surface area contributed by atoms with Crippen molar-refractivity contribution in [3.63, 3.8) is 0 Å². The number of nitrogens with one attached hydrogen (secondary N) is 1. The van der Waals surface area contributed by atoms with Crippen molar-refractivity contribution >= 4 is 5.91 Å². The molecular formula is C18H17NO2. The second-order valence-electron chi connectivity index (χ2n) is 5.72. The normalized spacial score (nSPS) is 22.3. The summed E-state index contributed by atoms with van der Waals surface area (Å²) >= 11 is 0. The topological polar surface area (TPSA) is 38.3 Å². The molecular weight excluding hydrogens is 262 g/mol. The van der Waals surface area contributed by atoms with Gasteiger partial charge in [0, 0.05) is 6.42 Å². The highest BCUT2D eigenvalue weighted by Crippen LogP contribution is 2.32. The first-order valence-electron chi connectivity index (χ1n) is 7.44. The molecule has 0 fully saturated rings. The summed E-state index contributed by atoms with van der Waals surface area (Å²) in [6.45, 7) is 0. The SMILES string of the molecule is O=C(N[C@@H]1CCc2ccccc21)[C@H]1Cc2ccccc2O1. The summed E-state index contributed by atoms with van der Waals surface area (Å²) in [4.78, 5) is 12.4. The number of rotatable bonds is 2. The third kappa shape index (κ3) is 2.19. The highest BCUT2D eigenvalue weighted by atomic mass is 16.5. The Bertz CT molecular complexity index is 670. The molecule has 1 aliphatic heterocycles. The zero-order valence-corrected chi connectivity index (χ0v) is 11.7. The number of benzene rings is 2. The standard InChI is InChI=1S/C18H17NO2/c20-18(17-11-13-6-2-4-8-16(13)21-17)19-15-10-9-12-5-1-3-7-14(12)15/h1-8,15,17H,9-11H2,(H,19,20)/t15-,17-/m1/s1. The average molecular weight is 279 g/mol. The van der Waals surface area contributed by atoms with Gasteiger partial charge in [0.1, 0.15) is 5.75 Å². The maximum absolute atomic E-state index is 12.4. The molecule has 0 radical (unpaired) electrons. The third-order valence-electron chi connectivity index (χ3n) is 4.39. The van der Waals surface area contributed by atoms with Crippen LogP contribution in [0.5, 0.6) is 5.75 Å².